The molecule has 0 unspecified atom stereocenters. The van der Waals surface area contributed by atoms with Crippen molar-refractivity contribution in [2.45, 2.75) is 6.61 Å². The molecule has 0 spiro atoms. The van der Waals surface area contributed by atoms with E-state index in [1.54, 1.807) is 7.11 Å². The largest absolute Gasteiger partial charge is 0.497 e. The molecule has 0 atom stereocenters. The van der Waals surface area contributed by atoms with Crippen molar-refractivity contribution in [2.75, 3.05) is 7.11 Å². The average Bonchev–Trinajstić information content (AvgIpc) is 2.67. The van der Waals surface area contributed by atoms with E-state index in [9.17, 15) is 0 Å². The highest BCUT2D eigenvalue weighted by atomic mass is 35.5. The summed E-state index contributed by atoms with van der Waals surface area (Å²) in [4.78, 5) is 4.45. The minimum Gasteiger partial charge on any atom is -0.497 e. The fourth-order valence-electron chi connectivity index (χ4n) is 2.24. The van der Waals surface area contributed by atoms with Crippen molar-refractivity contribution in [3.05, 3.63) is 88.9 Å². The average molecular weight is 352 g/mol. The topological polar surface area (TPSA) is 30.8 Å². The molecule has 0 aliphatic rings. The predicted molar refractivity (Wildman–Crippen MR) is 102 cm³/mol. The molecule has 0 aliphatic heterocycles. The van der Waals surface area contributed by atoms with E-state index >= 15 is 0 Å². The molecule has 3 aromatic carbocycles. The summed E-state index contributed by atoms with van der Waals surface area (Å²) in [6.07, 6.45) is 1.82. The SMILES string of the molecule is COc1ccc(N=Cc2ccc(OCc3ccccc3Cl)cc2)cc1. The van der Waals surface area contributed by atoms with Crippen LogP contribution in [0.15, 0.2) is 77.8 Å². The number of hydrogen-bond donors (Lipinski definition) is 0. The number of nitrogens with zero attached hydrogens (tertiary/aromatic N) is 1. The predicted octanol–water partition coefficient (Wildman–Crippen LogP) is 5.68. The van der Waals surface area contributed by atoms with Crippen LogP contribution in [0.1, 0.15) is 11.1 Å². The first kappa shape index (κ1) is 17.1. The quantitative estimate of drug-likeness (QED) is 0.535. The van der Waals surface area contributed by atoms with Crippen LogP contribution in [0.5, 0.6) is 11.5 Å². The zero-order valence-electron chi connectivity index (χ0n) is 13.9. The lowest BCUT2D eigenvalue weighted by molar-refractivity contribution is 0.306. The molecule has 0 radical (unpaired) electrons. The van der Waals surface area contributed by atoms with E-state index in [-0.39, 0.29) is 0 Å². The maximum Gasteiger partial charge on any atom is 0.119 e. The van der Waals surface area contributed by atoms with Gasteiger partial charge in [0.2, 0.25) is 0 Å². The normalized spacial score (nSPS) is 10.8. The summed E-state index contributed by atoms with van der Waals surface area (Å²) in [6, 6.07) is 23.1. The van der Waals surface area contributed by atoms with Crippen LogP contribution in [0, 0.1) is 0 Å². The van der Waals surface area contributed by atoms with Gasteiger partial charge in [0.25, 0.3) is 0 Å². The molecule has 0 saturated carbocycles. The molecule has 25 heavy (non-hydrogen) atoms. The van der Waals surface area contributed by atoms with Crippen molar-refractivity contribution >= 4 is 23.5 Å². The van der Waals surface area contributed by atoms with E-state index in [1.807, 2.05) is 79.0 Å². The van der Waals surface area contributed by atoms with Gasteiger partial charge in [-0.1, -0.05) is 29.8 Å². The third kappa shape index (κ3) is 4.85. The Morgan fingerprint density at radius 3 is 2.24 bits per heavy atom. The van der Waals surface area contributed by atoms with Gasteiger partial charge in [0, 0.05) is 16.8 Å². The van der Waals surface area contributed by atoms with Crippen molar-refractivity contribution in [1.29, 1.82) is 0 Å². The van der Waals surface area contributed by atoms with Gasteiger partial charge in [0.1, 0.15) is 18.1 Å². The van der Waals surface area contributed by atoms with Crippen LogP contribution in [0.4, 0.5) is 5.69 Å². The molecule has 0 N–H and O–H groups in total. The minimum atomic E-state index is 0.443. The molecular formula is C21H18ClNO2. The maximum absolute atomic E-state index is 6.13. The molecular weight excluding hydrogens is 334 g/mol. The third-order valence-corrected chi connectivity index (χ3v) is 4.04. The summed E-state index contributed by atoms with van der Waals surface area (Å²) in [5, 5.41) is 0.714. The lowest BCUT2D eigenvalue weighted by Gasteiger charge is -2.07. The van der Waals surface area contributed by atoms with Crippen molar-refractivity contribution < 1.29 is 9.47 Å². The van der Waals surface area contributed by atoms with Gasteiger partial charge >= 0.3 is 0 Å². The molecule has 126 valence electrons. The number of methoxy groups -OCH3 is 1. The third-order valence-electron chi connectivity index (χ3n) is 3.67. The van der Waals surface area contributed by atoms with E-state index in [1.165, 1.54) is 0 Å². The smallest absolute Gasteiger partial charge is 0.119 e. The number of halogens is 1. The summed E-state index contributed by atoms with van der Waals surface area (Å²) >= 11 is 6.13. The molecule has 0 aliphatic carbocycles. The Bertz CT molecular complexity index is 843. The lowest BCUT2D eigenvalue weighted by atomic mass is 10.2. The first-order valence-electron chi connectivity index (χ1n) is 7.89. The maximum atomic E-state index is 6.13. The van der Waals surface area contributed by atoms with Crippen LogP contribution >= 0.6 is 11.6 Å². The lowest BCUT2D eigenvalue weighted by Crippen LogP contribution is -1.96. The highest BCUT2D eigenvalue weighted by Gasteiger charge is 2.00. The zero-order chi connectivity index (χ0) is 17.5. The molecule has 4 heteroatoms. The molecule has 0 saturated heterocycles. The van der Waals surface area contributed by atoms with Gasteiger partial charge < -0.3 is 9.47 Å². The van der Waals surface area contributed by atoms with Gasteiger partial charge in [0.15, 0.2) is 0 Å². The van der Waals surface area contributed by atoms with E-state index in [0.717, 1.165) is 28.3 Å². The fourth-order valence-corrected chi connectivity index (χ4v) is 2.43. The Morgan fingerprint density at radius 1 is 0.880 bits per heavy atom. The second-order valence-electron chi connectivity index (χ2n) is 5.41. The fraction of sp³-hybridized carbons (Fsp3) is 0.0952. The second-order valence-corrected chi connectivity index (χ2v) is 5.81. The molecule has 0 fully saturated rings. The van der Waals surface area contributed by atoms with Gasteiger partial charge in [-0.05, 0) is 60.2 Å². The van der Waals surface area contributed by atoms with Crippen LogP contribution in [0.25, 0.3) is 0 Å². The number of ether oxygens (including phenoxy) is 2. The van der Waals surface area contributed by atoms with Gasteiger partial charge in [-0.15, -0.1) is 0 Å². The van der Waals surface area contributed by atoms with Crippen LogP contribution in [0.3, 0.4) is 0 Å². The molecule has 3 rings (SSSR count). The van der Waals surface area contributed by atoms with Gasteiger partial charge in [-0.25, -0.2) is 0 Å². The highest BCUT2D eigenvalue weighted by molar-refractivity contribution is 6.31. The van der Waals surface area contributed by atoms with Crippen LogP contribution in [-0.2, 0) is 6.61 Å². The Balaban J connectivity index is 1.59. The van der Waals surface area contributed by atoms with Crippen molar-refractivity contribution in [3.8, 4) is 11.5 Å². The Morgan fingerprint density at radius 2 is 1.56 bits per heavy atom. The van der Waals surface area contributed by atoms with Crippen molar-refractivity contribution in [1.82, 2.24) is 0 Å². The number of rotatable bonds is 6. The Labute approximate surface area is 152 Å². The van der Waals surface area contributed by atoms with Crippen molar-refractivity contribution in [2.24, 2.45) is 4.99 Å². The van der Waals surface area contributed by atoms with E-state index < -0.39 is 0 Å². The molecule has 0 heterocycles. The summed E-state index contributed by atoms with van der Waals surface area (Å²) in [5.41, 5.74) is 2.84. The number of hydrogen-bond acceptors (Lipinski definition) is 3. The Kier molecular flexibility index (Phi) is 5.70. The molecule has 0 aromatic heterocycles. The molecule has 0 amide bonds. The first-order chi connectivity index (χ1) is 12.2. The van der Waals surface area contributed by atoms with Crippen LogP contribution in [-0.4, -0.2) is 13.3 Å². The molecule has 3 aromatic rings. The van der Waals surface area contributed by atoms with E-state index in [4.69, 9.17) is 21.1 Å². The molecule has 3 nitrogen and oxygen atoms in total. The molecule has 0 bridgehead atoms. The summed E-state index contributed by atoms with van der Waals surface area (Å²) in [5.74, 6) is 1.61. The van der Waals surface area contributed by atoms with Crippen molar-refractivity contribution in [3.63, 3.8) is 0 Å². The van der Waals surface area contributed by atoms with E-state index in [0.29, 0.717) is 11.6 Å². The van der Waals surface area contributed by atoms with E-state index in [2.05, 4.69) is 4.99 Å². The second kappa shape index (κ2) is 8.36. The number of benzene rings is 3. The van der Waals surface area contributed by atoms with Gasteiger partial charge in [-0.3, -0.25) is 4.99 Å². The van der Waals surface area contributed by atoms with Gasteiger partial charge in [-0.2, -0.15) is 0 Å². The highest BCUT2D eigenvalue weighted by Crippen LogP contribution is 2.20. The summed E-state index contributed by atoms with van der Waals surface area (Å²) in [6.45, 7) is 0.443. The zero-order valence-corrected chi connectivity index (χ0v) is 14.6. The van der Waals surface area contributed by atoms with Gasteiger partial charge in [0.05, 0.1) is 12.8 Å². The van der Waals surface area contributed by atoms with Crippen LogP contribution in [0.2, 0.25) is 5.02 Å². The summed E-state index contributed by atoms with van der Waals surface area (Å²) in [7, 11) is 1.65. The number of aliphatic imine (C=N–C) groups is 1. The Hall–Kier alpha value is -2.78. The monoisotopic (exact) mass is 351 g/mol. The first-order valence-corrected chi connectivity index (χ1v) is 8.27. The van der Waals surface area contributed by atoms with Crippen LogP contribution < -0.4 is 9.47 Å². The minimum absolute atomic E-state index is 0.443. The summed E-state index contributed by atoms with van der Waals surface area (Å²) < 4.78 is 10.9. The standard InChI is InChI=1S/C21H18ClNO2/c1-24-19-12-8-18(9-13-19)23-14-16-6-10-20(11-7-16)25-15-17-4-2-3-5-21(17)22/h2-14H,15H2,1H3.